The zero-order valence-electron chi connectivity index (χ0n) is 12.3. The quantitative estimate of drug-likeness (QED) is 0.906. The number of nitriles is 1. The Labute approximate surface area is 128 Å². The van der Waals surface area contributed by atoms with Crippen LogP contribution < -0.4 is 10.5 Å². The third-order valence-corrected chi connectivity index (χ3v) is 4.05. The van der Waals surface area contributed by atoms with Gasteiger partial charge in [-0.3, -0.25) is 4.79 Å². The summed E-state index contributed by atoms with van der Waals surface area (Å²) in [5.41, 5.74) is 7.48. The topological polar surface area (TPSA) is 85.3 Å². The van der Waals surface area contributed by atoms with Crippen molar-refractivity contribution in [1.29, 1.82) is 5.26 Å². The average Bonchev–Trinajstić information content (AvgIpc) is 2.53. The third kappa shape index (κ3) is 2.13. The molecule has 2 aliphatic rings. The molecule has 0 aromatic heterocycles. The second kappa shape index (κ2) is 5.57. The molecule has 1 heterocycles. The second-order valence-corrected chi connectivity index (χ2v) is 5.28. The maximum atomic E-state index is 12.4. The van der Waals surface area contributed by atoms with E-state index in [9.17, 15) is 10.1 Å². The molecule has 1 aromatic carbocycles. The lowest BCUT2D eigenvalue weighted by Gasteiger charge is -2.31. The van der Waals surface area contributed by atoms with Gasteiger partial charge in [0, 0.05) is 24.0 Å². The molecule has 5 heteroatoms. The number of carbonyl (C=O) groups is 1. The van der Waals surface area contributed by atoms with Crippen molar-refractivity contribution in [1.82, 2.24) is 0 Å². The summed E-state index contributed by atoms with van der Waals surface area (Å²) in [6.45, 7) is 0. The van der Waals surface area contributed by atoms with Crippen molar-refractivity contribution in [2.45, 2.75) is 25.2 Å². The maximum Gasteiger partial charge on any atom is 0.205 e. The lowest BCUT2D eigenvalue weighted by Crippen LogP contribution is -2.27. The van der Waals surface area contributed by atoms with Crippen molar-refractivity contribution in [3.8, 4) is 11.8 Å². The van der Waals surface area contributed by atoms with Gasteiger partial charge in [-0.05, 0) is 12.5 Å². The number of Topliss-reactive ketones (excluding diaryl/α,β-unsaturated/α-hetero) is 1. The minimum atomic E-state index is -0.516. The van der Waals surface area contributed by atoms with Crippen molar-refractivity contribution in [3.05, 3.63) is 52.6 Å². The first-order valence-electron chi connectivity index (χ1n) is 7.14. The molecule has 1 aromatic rings. The molecule has 5 nitrogen and oxygen atoms in total. The summed E-state index contributed by atoms with van der Waals surface area (Å²) in [6, 6.07) is 9.46. The number of nitrogens with zero attached hydrogens (tertiary/aromatic N) is 1. The van der Waals surface area contributed by atoms with Crippen LogP contribution in [0, 0.1) is 11.3 Å². The number of hydrogen-bond acceptors (Lipinski definition) is 5. The fourth-order valence-corrected chi connectivity index (χ4v) is 3.07. The predicted octanol–water partition coefficient (Wildman–Crippen LogP) is 2.51. The van der Waals surface area contributed by atoms with Gasteiger partial charge in [0.25, 0.3) is 0 Å². The number of allylic oxidation sites excluding steroid dienone is 3. The number of ketones is 1. The van der Waals surface area contributed by atoms with Gasteiger partial charge in [0.15, 0.2) is 5.78 Å². The number of rotatable bonds is 2. The summed E-state index contributed by atoms with van der Waals surface area (Å²) in [6.07, 6.45) is 1.87. The highest BCUT2D eigenvalue weighted by molar-refractivity contribution is 5.99. The SMILES string of the molecule is COc1ccccc1C1C(C#N)=C(N)OC2=C1C(=O)CCC2. The molecule has 0 saturated carbocycles. The Morgan fingerprint density at radius 3 is 2.86 bits per heavy atom. The average molecular weight is 296 g/mol. The van der Waals surface area contributed by atoms with E-state index in [1.54, 1.807) is 7.11 Å². The number of para-hydroxylation sites is 1. The molecule has 1 aliphatic heterocycles. The van der Waals surface area contributed by atoms with E-state index in [1.807, 2.05) is 24.3 Å². The van der Waals surface area contributed by atoms with Gasteiger partial charge in [-0.15, -0.1) is 0 Å². The summed E-state index contributed by atoms with van der Waals surface area (Å²) < 4.78 is 10.9. The first-order chi connectivity index (χ1) is 10.7. The zero-order chi connectivity index (χ0) is 15.7. The fourth-order valence-electron chi connectivity index (χ4n) is 3.07. The first kappa shape index (κ1) is 14.2. The van der Waals surface area contributed by atoms with Crippen molar-refractivity contribution in [3.63, 3.8) is 0 Å². The van der Waals surface area contributed by atoms with Gasteiger partial charge >= 0.3 is 0 Å². The molecule has 1 unspecified atom stereocenters. The van der Waals surface area contributed by atoms with Crippen LogP contribution in [0.15, 0.2) is 47.1 Å². The predicted molar refractivity (Wildman–Crippen MR) is 79.5 cm³/mol. The maximum absolute atomic E-state index is 12.4. The normalized spacial score (nSPS) is 21.1. The van der Waals surface area contributed by atoms with Gasteiger partial charge in [0.1, 0.15) is 23.2 Å². The number of hydrogen-bond donors (Lipinski definition) is 1. The number of carbonyl (C=O) groups excluding carboxylic acids is 1. The molecule has 0 saturated heterocycles. The molecule has 1 aliphatic carbocycles. The summed E-state index contributed by atoms with van der Waals surface area (Å²) in [7, 11) is 1.56. The van der Waals surface area contributed by atoms with Crippen LogP contribution in [-0.4, -0.2) is 12.9 Å². The molecule has 0 spiro atoms. The number of benzene rings is 1. The lowest BCUT2D eigenvalue weighted by molar-refractivity contribution is -0.116. The molecule has 112 valence electrons. The summed E-state index contributed by atoms with van der Waals surface area (Å²) >= 11 is 0. The van der Waals surface area contributed by atoms with Gasteiger partial charge < -0.3 is 15.2 Å². The highest BCUT2D eigenvalue weighted by Crippen LogP contribution is 2.45. The molecule has 0 bridgehead atoms. The smallest absolute Gasteiger partial charge is 0.205 e. The molecule has 3 rings (SSSR count). The van der Waals surface area contributed by atoms with Crippen LogP contribution in [0.4, 0.5) is 0 Å². The van der Waals surface area contributed by atoms with Crippen molar-refractivity contribution < 1.29 is 14.3 Å². The van der Waals surface area contributed by atoms with E-state index in [4.69, 9.17) is 15.2 Å². The van der Waals surface area contributed by atoms with E-state index in [0.29, 0.717) is 29.9 Å². The molecule has 22 heavy (non-hydrogen) atoms. The van der Waals surface area contributed by atoms with Crippen LogP contribution in [0.3, 0.4) is 0 Å². The van der Waals surface area contributed by atoms with E-state index < -0.39 is 5.92 Å². The van der Waals surface area contributed by atoms with E-state index in [0.717, 1.165) is 12.0 Å². The largest absolute Gasteiger partial charge is 0.496 e. The van der Waals surface area contributed by atoms with E-state index in [-0.39, 0.29) is 17.2 Å². The number of methoxy groups -OCH3 is 1. The fraction of sp³-hybridized carbons (Fsp3) is 0.294. The van der Waals surface area contributed by atoms with E-state index in [2.05, 4.69) is 6.07 Å². The molecule has 2 N–H and O–H groups in total. The van der Waals surface area contributed by atoms with Gasteiger partial charge in [-0.2, -0.15) is 5.26 Å². The van der Waals surface area contributed by atoms with Crippen molar-refractivity contribution >= 4 is 5.78 Å². The van der Waals surface area contributed by atoms with Crippen LogP contribution in [-0.2, 0) is 9.53 Å². The van der Waals surface area contributed by atoms with Crippen molar-refractivity contribution in [2.24, 2.45) is 5.73 Å². The van der Waals surface area contributed by atoms with Gasteiger partial charge in [0.2, 0.25) is 5.88 Å². The molecular weight excluding hydrogens is 280 g/mol. The van der Waals surface area contributed by atoms with Gasteiger partial charge in [0.05, 0.1) is 13.0 Å². The summed E-state index contributed by atoms with van der Waals surface area (Å²) in [5.74, 6) is 0.783. The van der Waals surface area contributed by atoms with Crippen LogP contribution in [0.5, 0.6) is 5.75 Å². The highest BCUT2D eigenvalue weighted by atomic mass is 16.5. The van der Waals surface area contributed by atoms with Gasteiger partial charge in [-0.1, -0.05) is 18.2 Å². The zero-order valence-corrected chi connectivity index (χ0v) is 12.3. The Morgan fingerprint density at radius 1 is 1.36 bits per heavy atom. The Bertz CT molecular complexity index is 741. The molecule has 0 radical (unpaired) electrons. The number of ether oxygens (including phenoxy) is 2. The Kier molecular flexibility index (Phi) is 3.60. The monoisotopic (exact) mass is 296 g/mol. The molecular formula is C17H16N2O3. The third-order valence-electron chi connectivity index (χ3n) is 4.05. The minimum absolute atomic E-state index is 0.0115. The molecule has 1 atom stereocenters. The van der Waals surface area contributed by atoms with Gasteiger partial charge in [-0.25, -0.2) is 0 Å². The molecule has 0 amide bonds. The van der Waals surface area contributed by atoms with Crippen LogP contribution in [0.1, 0.15) is 30.7 Å². The minimum Gasteiger partial charge on any atom is -0.496 e. The molecule has 0 fully saturated rings. The van der Waals surface area contributed by atoms with Crippen LogP contribution in [0.2, 0.25) is 0 Å². The second-order valence-electron chi connectivity index (χ2n) is 5.28. The van der Waals surface area contributed by atoms with Crippen LogP contribution >= 0.6 is 0 Å². The number of nitrogens with two attached hydrogens (primary N) is 1. The summed E-state index contributed by atoms with van der Waals surface area (Å²) in [5, 5.41) is 9.49. The van der Waals surface area contributed by atoms with Crippen molar-refractivity contribution in [2.75, 3.05) is 7.11 Å². The summed E-state index contributed by atoms with van der Waals surface area (Å²) in [4.78, 5) is 12.4. The van der Waals surface area contributed by atoms with E-state index in [1.165, 1.54) is 0 Å². The Morgan fingerprint density at radius 2 is 2.14 bits per heavy atom. The Hall–Kier alpha value is -2.74. The Balaban J connectivity index is 2.23. The van der Waals surface area contributed by atoms with Crippen LogP contribution in [0.25, 0.3) is 0 Å². The lowest BCUT2D eigenvalue weighted by atomic mass is 9.77. The van der Waals surface area contributed by atoms with E-state index >= 15 is 0 Å². The standard InChI is InChI=1S/C17H16N2O3/c1-21-13-7-3-2-5-10(13)15-11(9-18)17(19)22-14-8-4-6-12(20)16(14)15/h2-3,5,7,15H,4,6,8,19H2,1H3. The highest BCUT2D eigenvalue weighted by Gasteiger charge is 2.39. The first-order valence-corrected chi connectivity index (χ1v) is 7.14.